The minimum atomic E-state index is -3.63. The lowest BCUT2D eigenvalue weighted by Crippen LogP contribution is -2.61. The third kappa shape index (κ3) is 4.38. The Morgan fingerprint density at radius 3 is 2.57 bits per heavy atom. The van der Waals surface area contributed by atoms with E-state index in [1.807, 2.05) is 30.3 Å². The predicted octanol–water partition coefficient (Wildman–Crippen LogP) is 0.724. The van der Waals surface area contributed by atoms with E-state index in [2.05, 4.69) is 14.6 Å². The third-order valence-electron chi connectivity index (χ3n) is 5.33. The van der Waals surface area contributed by atoms with Gasteiger partial charge in [-0.3, -0.25) is 4.90 Å². The van der Waals surface area contributed by atoms with Crippen LogP contribution in [0.5, 0.6) is 5.75 Å². The second-order valence-corrected chi connectivity index (χ2v) is 9.16. The Kier molecular flexibility index (Phi) is 5.68. The van der Waals surface area contributed by atoms with Crippen molar-refractivity contribution in [3.8, 4) is 5.75 Å². The van der Waals surface area contributed by atoms with Gasteiger partial charge in [-0.2, -0.15) is 0 Å². The van der Waals surface area contributed by atoms with Crippen LogP contribution in [-0.2, 0) is 21.8 Å². The summed E-state index contributed by atoms with van der Waals surface area (Å²) < 4.78 is 41.4. The first-order chi connectivity index (χ1) is 13.5. The van der Waals surface area contributed by atoms with Gasteiger partial charge in [0.2, 0.25) is 0 Å². The molecule has 2 bridgehead atoms. The maximum atomic E-state index is 12.7. The molecule has 1 aromatic carbocycles. The highest BCUT2D eigenvalue weighted by atomic mass is 32.2. The van der Waals surface area contributed by atoms with Crippen molar-refractivity contribution >= 4 is 10.0 Å². The molecule has 2 aliphatic heterocycles. The van der Waals surface area contributed by atoms with E-state index in [0.29, 0.717) is 19.8 Å². The van der Waals surface area contributed by atoms with E-state index < -0.39 is 10.0 Å². The molecule has 1 aromatic heterocycles. The molecule has 0 radical (unpaired) electrons. The normalized spacial score (nSPS) is 25.5. The zero-order chi connectivity index (χ0) is 19.6. The van der Waals surface area contributed by atoms with E-state index >= 15 is 0 Å². The monoisotopic (exact) mass is 406 g/mol. The van der Waals surface area contributed by atoms with E-state index in [0.717, 1.165) is 25.4 Å². The van der Waals surface area contributed by atoms with Crippen molar-refractivity contribution in [3.63, 3.8) is 0 Å². The number of fused-ring (bicyclic) bond motifs is 2. The molecule has 4 rings (SSSR count). The summed E-state index contributed by atoms with van der Waals surface area (Å²) in [7, 11) is -1.88. The number of ether oxygens (including phenoxy) is 2. The molecule has 2 aliphatic rings. The maximum Gasteiger partial charge on any atom is 0.259 e. The fourth-order valence-corrected chi connectivity index (χ4v) is 5.34. The molecule has 0 spiro atoms. The maximum absolute atomic E-state index is 12.7. The van der Waals surface area contributed by atoms with E-state index in [4.69, 9.17) is 9.47 Å². The molecular formula is C19H26N4O4S. The molecule has 0 aliphatic carbocycles. The smallest absolute Gasteiger partial charge is 0.259 e. The number of nitrogens with one attached hydrogen (secondary N) is 1. The zero-order valence-corrected chi connectivity index (χ0v) is 16.7. The van der Waals surface area contributed by atoms with Crippen LogP contribution in [0.2, 0.25) is 0 Å². The van der Waals surface area contributed by atoms with Crippen LogP contribution in [0.15, 0.2) is 47.9 Å². The topological polar surface area (TPSA) is 85.7 Å². The second-order valence-electron chi connectivity index (χ2n) is 7.50. The first-order valence-electron chi connectivity index (χ1n) is 9.49. The van der Waals surface area contributed by atoms with Crippen LogP contribution in [-0.4, -0.2) is 68.4 Å². The third-order valence-corrected chi connectivity index (χ3v) is 6.68. The van der Waals surface area contributed by atoms with Gasteiger partial charge in [-0.05, 0) is 12.1 Å². The minimum Gasteiger partial charge on any atom is -0.492 e. The highest BCUT2D eigenvalue weighted by molar-refractivity contribution is 7.89. The summed E-state index contributed by atoms with van der Waals surface area (Å²) in [6.45, 7) is 4.09. The van der Waals surface area contributed by atoms with Gasteiger partial charge in [0.05, 0.1) is 19.5 Å². The molecule has 1 N–H and O–H groups in total. The van der Waals surface area contributed by atoms with E-state index in [1.54, 1.807) is 11.6 Å². The van der Waals surface area contributed by atoms with Crippen molar-refractivity contribution in [1.82, 2.24) is 19.2 Å². The molecule has 2 aromatic rings. The summed E-state index contributed by atoms with van der Waals surface area (Å²) in [5.41, 5.74) is 0. The number of rotatable bonds is 7. The summed E-state index contributed by atoms with van der Waals surface area (Å²) in [6, 6.07) is 9.63. The van der Waals surface area contributed by atoms with Crippen LogP contribution in [0, 0.1) is 11.8 Å². The van der Waals surface area contributed by atoms with E-state index in [-0.39, 0.29) is 22.9 Å². The number of sulfonamides is 1. The van der Waals surface area contributed by atoms with Crippen LogP contribution in [0.25, 0.3) is 0 Å². The Morgan fingerprint density at radius 2 is 1.93 bits per heavy atom. The van der Waals surface area contributed by atoms with Crippen LogP contribution >= 0.6 is 0 Å². The molecule has 3 heterocycles. The van der Waals surface area contributed by atoms with Crippen molar-refractivity contribution in [1.29, 1.82) is 0 Å². The Bertz CT molecular complexity index is 872. The molecule has 2 atom stereocenters. The average molecular weight is 407 g/mol. The number of piperidine rings is 1. The number of hydrogen-bond acceptors (Lipinski definition) is 6. The van der Waals surface area contributed by atoms with Crippen LogP contribution in [0.4, 0.5) is 0 Å². The minimum absolute atomic E-state index is 0.0627. The Morgan fingerprint density at radius 1 is 1.21 bits per heavy atom. The summed E-state index contributed by atoms with van der Waals surface area (Å²) in [6.07, 6.45) is 3.01. The van der Waals surface area contributed by atoms with Crippen molar-refractivity contribution < 1.29 is 17.9 Å². The standard InChI is InChI=1S/C19H26N4O4S/c1-22-11-18(20-14-22)28(24,25)21-19-15-9-23(10-16(19)13-26-12-15)7-8-27-17-5-3-2-4-6-17/h2-6,11,14-16,19,21H,7-10,12-13H2,1H3. The lowest BCUT2D eigenvalue weighted by Gasteiger charge is -2.46. The quantitative estimate of drug-likeness (QED) is 0.730. The number of aryl methyl sites for hydroxylation is 1. The molecule has 0 saturated carbocycles. The molecule has 28 heavy (non-hydrogen) atoms. The van der Waals surface area contributed by atoms with E-state index in [9.17, 15) is 8.42 Å². The number of nitrogens with zero attached hydrogens (tertiary/aromatic N) is 3. The average Bonchev–Trinajstić information content (AvgIpc) is 3.10. The molecule has 152 valence electrons. The van der Waals surface area contributed by atoms with Gasteiger partial charge in [0.25, 0.3) is 10.0 Å². The summed E-state index contributed by atoms with van der Waals surface area (Å²) in [5.74, 6) is 1.09. The van der Waals surface area contributed by atoms with Gasteiger partial charge >= 0.3 is 0 Å². The molecule has 0 amide bonds. The molecule has 8 nitrogen and oxygen atoms in total. The summed E-state index contributed by atoms with van der Waals surface area (Å²) in [4.78, 5) is 6.33. The fourth-order valence-electron chi connectivity index (χ4n) is 3.98. The molecule has 2 saturated heterocycles. The summed E-state index contributed by atoms with van der Waals surface area (Å²) in [5, 5.41) is 0.0627. The summed E-state index contributed by atoms with van der Waals surface area (Å²) >= 11 is 0. The Labute approximate surface area is 165 Å². The van der Waals surface area contributed by atoms with Crippen molar-refractivity contribution in [2.45, 2.75) is 11.1 Å². The molecule has 2 fully saturated rings. The van der Waals surface area contributed by atoms with Crippen molar-refractivity contribution in [2.75, 3.05) is 39.5 Å². The van der Waals surface area contributed by atoms with Crippen molar-refractivity contribution in [2.24, 2.45) is 18.9 Å². The lowest BCUT2D eigenvalue weighted by atomic mass is 9.83. The first kappa shape index (κ1) is 19.4. The van der Waals surface area contributed by atoms with Gasteiger partial charge in [0.15, 0.2) is 5.03 Å². The number of likely N-dealkylation sites (tertiary alicyclic amines) is 1. The van der Waals surface area contributed by atoms with Gasteiger partial charge in [-0.25, -0.2) is 18.1 Å². The number of benzene rings is 1. The number of para-hydroxylation sites is 1. The van der Waals surface area contributed by atoms with Gasteiger partial charge in [-0.15, -0.1) is 0 Å². The first-order valence-corrected chi connectivity index (χ1v) is 11.0. The van der Waals surface area contributed by atoms with Crippen LogP contribution in [0.1, 0.15) is 0 Å². The zero-order valence-electron chi connectivity index (χ0n) is 15.9. The molecular weight excluding hydrogens is 380 g/mol. The largest absolute Gasteiger partial charge is 0.492 e. The SMILES string of the molecule is Cn1cnc(S(=O)(=O)NC2C3COCC2CN(CCOc2ccccc2)C3)c1. The number of imidazole rings is 1. The van der Waals surface area contributed by atoms with Crippen LogP contribution < -0.4 is 9.46 Å². The molecule has 2 unspecified atom stereocenters. The number of hydrogen-bond donors (Lipinski definition) is 1. The fraction of sp³-hybridized carbons (Fsp3) is 0.526. The predicted molar refractivity (Wildman–Crippen MR) is 103 cm³/mol. The highest BCUT2D eigenvalue weighted by Gasteiger charge is 2.42. The highest BCUT2D eigenvalue weighted by Crippen LogP contribution is 2.29. The second kappa shape index (κ2) is 8.20. The van der Waals surface area contributed by atoms with Crippen molar-refractivity contribution in [3.05, 3.63) is 42.9 Å². The van der Waals surface area contributed by atoms with Gasteiger partial charge < -0.3 is 14.0 Å². The van der Waals surface area contributed by atoms with Crippen LogP contribution in [0.3, 0.4) is 0 Å². The van der Waals surface area contributed by atoms with Gasteiger partial charge in [-0.1, -0.05) is 18.2 Å². The van der Waals surface area contributed by atoms with Gasteiger partial charge in [0, 0.05) is 50.8 Å². The Hall–Kier alpha value is -1.94. The molecule has 9 heteroatoms. The Balaban J connectivity index is 1.35. The van der Waals surface area contributed by atoms with E-state index in [1.165, 1.54) is 12.5 Å². The number of aromatic nitrogens is 2. The van der Waals surface area contributed by atoms with Gasteiger partial charge in [0.1, 0.15) is 12.4 Å². The lowest BCUT2D eigenvalue weighted by molar-refractivity contribution is -0.0605.